The molecule has 2 aromatic heterocycles. The van der Waals surface area contributed by atoms with Gasteiger partial charge in [-0.05, 0) is 6.07 Å². The number of rotatable bonds is 4. The van der Waals surface area contributed by atoms with E-state index in [4.69, 9.17) is 5.11 Å². The fourth-order valence-corrected chi connectivity index (χ4v) is 1.52. The highest BCUT2D eigenvalue weighted by Gasteiger charge is 2.21. The summed E-state index contributed by atoms with van der Waals surface area (Å²) >= 11 is 0. The van der Waals surface area contributed by atoms with Crippen molar-refractivity contribution in [1.82, 2.24) is 15.2 Å². The van der Waals surface area contributed by atoms with Gasteiger partial charge < -0.3 is 15.3 Å². The van der Waals surface area contributed by atoms with Crippen molar-refractivity contribution < 1.29 is 20.1 Å². The van der Waals surface area contributed by atoms with Gasteiger partial charge in [0.15, 0.2) is 0 Å². The van der Waals surface area contributed by atoms with Crippen LogP contribution in [0.4, 0.5) is 0 Å². The number of hydrogen-bond acceptors (Lipinski definition) is 5. The highest BCUT2D eigenvalue weighted by atomic mass is 16.4. The van der Waals surface area contributed by atoms with Crippen LogP contribution in [0.1, 0.15) is 18.1 Å². The SMILES string of the molecule is O=C(O)CC(O)C(O)c1cnc2cn[nH]c2c1. The summed E-state index contributed by atoms with van der Waals surface area (Å²) in [4.78, 5) is 14.4. The van der Waals surface area contributed by atoms with E-state index >= 15 is 0 Å². The quantitative estimate of drug-likeness (QED) is 0.586. The number of nitrogens with one attached hydrogen (secondary N) is 1. The van der Waals surface area contributed by atoms with Gasteiger partial charge in [0.2, 0.25) is 0 Å². The number of carboxylic acids is 1. The second-order valence-electron chi connectivity index (χ2n) is 3.68. The molecule has 0 aliphatic carbocycles. The van der Waals surface area contributed by atoms with E-state index in [1.54, 1.807) is 6.07 Å². The molecular weight excluding hydrogens is 226 g/mol. The van der Waals surface area contributed by atoms with Gasteiger partial charge in [0.1, 0.15) is 11.6 Å². The van der Waals surface area contributed by atoms with E-state index in [9.17, 15) is 15.0 Å². The standard InChI is InChI=1S/C10H11N3O4/c14-8(2-9(15)16)10(17)5-1-6-7(11-3-5)4-12-13-6/h1,3-4,8,10,14,17H,2H2,(H,12,13)(H,15,16). The number of aliphatic hydroxyl groups excluding tert-OH is 2. The van der Waals surface area contributed by atoms with Crippen molar-refractivity contribution in [3.05, 3.63) is 24.0 Å². The van der Waals surface area contributed by atoms with Gasteiger partial charge in [-0.15, -0.1) is 0 Å². The van der Waals surface area contributed by atoms with Crippen LogP contribution < -0.4 is 0 Å². The molecule has 2 atom stereocenters. The fourth-order valence-electron chi connectivity index (χ4n) is 1.52. The van der Waals surface area contributed by atoms with E-state index in [1.165, 1.54) is 12.4 Å². The fraction of sp³-hybridized carbons (Fsp3) is 0.300. The molecule has 2 rings (SSSR count). The molecule has 7 heteroatoms. The molecule has 0 saturated heterocycles. The minimum absolute atomic E-state index is 0.343. The topological polar surface area (TPSA) is 119 Å². The number of aliphatic hydroxyl groups is 2. The van der Waals surface area contributed by atoms with Gasteiger partial charge in [0.25, 0.3) is 0 Å². The zero-order valence-corrected chi connectivity index (χ0v) is 8.74. The van der Waals surface area contributed by atoms with Gasteiger partial charge in [0.05, 0.1) is 24.2 Å². The Labute approximate surface area is 95.7 Å². The molecule has 0 saturated carbocycles. The van der Waals surface area contributed by atoms with Crippen molar-refractivity contribution in [2.75, 3.05) is 0 Å². The van der Waals surface area contributed by atoms with Gasteiger partial charge >= 0.3 is 5.97 Å². The van der Waals surface area contributed by atoms with E-state index < -0.39 is 24.6 Å². The minimum Gasteiger partial charge on any atom is -0.481 e. The van der Waals surface area contributed by atoms with Crippen molar-refractivity contribution in [1.29, 1.82) is 0 Å². The van der Waals surface area contributed by atoms with Crippen molar-refractivity contribution in [2.24, 2.45) is 0 Å². The zero-order valence-electron chi connectivity index (χ0n) is 8.74. The lowest BCUT2D eigenvalue weighted by atomic mass is 10.0. The second-order valence-corrected chi connectivity index (χ2v) is 3.68. The minimum atomic E-state index is -1.37. The summed E-state index contributed by atoms with van der Waals surface area (Å²) in [6.45, 7) is 0. The van der Waals surface area contributed by atoms with Gasteiger partial charge in [0, 0.05) is 11.8 Å². The number of nitrogens with zero attached hydrogens (tertiary/aromatic N) is 2. The average molecular weight is 237 g/mol. The molecule has 4 N–H and O–H groups in total. The normalized spacial score (nSPS) is 14.7. The third kappa shape index (κ3) is 2.40. The van der Waals surface area contributed by atoms with E-state index in [-0.39, 0.29) is 0 Å². The monoisotopic (exact) mass is 237 g/mol. The molecule has 0 amide bonds. The van der Waals surface area contributed by atoms with Crippen molar-refractivity contribution in [3.63, 3.8) is 0 Å². The zero-order chi connectivity index (χ0) is 12.4. The summed E-state index contributed by atoms with van der Waals surface area (Å²) in [6, 6.07) is 1.57. The summed E-state index contributed by atoms with van der Waals surface area (Å²) in [5.74, 6) is -1.17. The Morgan fingerprint density at radius 3 is 2.88 bits per heavy atom. The van der Waals surface area contributed by atoms with E-state index in [0.717, 1.165) is 0 Å². The first-order valence-electron chi connectivity index (χ1n) is 4.95. The Morgan fingerprint density at radius 1 is 1.41 bits per heavy atom. The van der Waals surface area contributed by atoms with Crippen LogP contribution in [0.25, 0.3) is 11.0 Å². The third-order valence-corrected chi connectivity index (χ3v) is 2.40. The number of fused-ring (bicyclic) bond motifs is 1. The summed E-state index contributed by atoms with van der Waals surface area (Å²) in [5.41, 5.74) is 1.59. The molecule has 90 valence electrons. The summed E-state index contributed by atoms with van der Waals surface area (Å²) in [5, 5.41) is 34.2. The lowest BCUT2D eigenvalue weighted by molar-refractivity contribution is -0.141. The maximum absolute atomic E-state index is 10.4. The maximum Gasteiger partial charge on any atom is 0.306 e. The Morgan fingerprint density at radius 2 is 2.18 bits per heavy atom. The Hall–Kier alpha value is -1.99. The van der Waals surface area contributed by atoms with Gasteiger partial charge in [-0.3, -0.25) is 14.9 Å². The maximum atomic E-state index is 10.4. The Kier molecular flexibility index (Phi) is 3.03. The molecule has 0 bridgehead atoms. The summed E-state index contributed by atoms with van der Waals surface area (Å²) in [6.07, 6.45) is -0.268. The summed E-state index contributed by atoms with van der Waals surface area (Å²) in [7, 11) is 0. The predicted octanol–water partition coefficient (Wildman–Crippen LogP) is -0.173. The number of H-pyrrole nitrogens is 1. The van der Waals surface area contributed by atoms with Crippen LogP contribution in [0.5, 0.6) is 0 Å². The van der Waals surface area contributed by atoms with E-state index in [2.05, 4.69) is 15.2 Å². The lowest BCUT2D eigenvalue weighted by Crippen LogP contribution is -2.21. The van der Waals surface area contributed by atoms with E-state index in [1.807, 2.05) is 0 Å². The van der Waals surface area contributed by atoms with Gasteiger partial charge in [-0.1, -0.05) is 0 Å². The molecule has 0 aromatic carbocycles. The highest BCUT2D eigenvalue weighted by molar-refractivity contribution is 5.73. The number of aromatic nitrogens is 3. The Balaban J connectivity index is 2.23. The van der Waals surface area contributed by atoms with Crippen molar-refractivity contribution in [3.8, 4) is 0 Å². The number of aliphatic carboxylic acids is 1. The smallest absolute Gasteiger partial charge is 0.306 e. The van der Waals surface area contributed by atoms with Crippen LogP contribution in [0, 0.1) is 0 Å². The van der Waals surface area contributed by atoms with Gasteiger partial charge in [-0.25, -0.2) is 0 Å². The molecular formula is C10H11N3O4. The molecule has 0 spiro atoms. The largest absolute Gasteiger partial charge is 0.481 e. The number of carbonyl (C=O) groups is 1. The number of pyridine rings is 1. The molecule has 2 unspecified atom stereocenters. The predicted molar refractivity (Wildman–Crippen MR) is 57.1 cm³/mol. The van der Waals surface area contributed by atoms with E-state index in [0.29, 0.717) is 16.6 Å². The number of aromatic amines is 1. The average Bonchev–Trinajstić information content (AvgIpc) is 2.73. The first-order chi connectivity index (χ1) is 8.08. The van der Waals surface area contributed by atoms with Crippen LogP contribution in [-0.4, -0.2) is 42.6 Å². The molecule has 0 radical (unpaired) electrons. The molecule has 0 aliphatic heterocycles. The number of hydrogen-bond donors (Lipinski definition) is 4. The van der Waals surface area contributed by atoms with Crippen LogP contribution in [0.3, 0.4) is 0 Å². The molecule has 7 nitrogen and oxygen atoms in total. The molecule has 2 heterocycles. The second kappa shape index (κ2) is 4.48. The van der Waals surface area contributed by atoms with Crippen LogP contribution >= 0.6 is 0 Å². The molecule has 0 fully saturated rings. The highest BCUT2D eigenvalue weighted by Crippen LogP contribution is 2.20. The summed E-state index contributed by atoms with van der Waals surface area (Å²) < 4.78 is 0. The first kappa shape index (κ1) is 11.5. The van der Waals surface area contributed by atoms with Crippen molar-refractivity contribution in [2.45, 2.75) is 18.6 Å². The van der Waals surface area contributed by atoms with Crippen LogP contribution in [-0.2, 0) is 4.79 Å². The van der Waals surface area contributed by atoms with Gasteiger partial charge in [-0.2, -0.15) is 5.10 Å². The molecule has 0 aliphatic rings. The van der Waals surface area contributed by atoms with Crippen LogP contribution in [0.15, 0.2) is 18.5 Å². The van der Waals surface area contributed by atoms with Crippen LogP contribution in [0.2, 0.25) is 0 Å². The molecule has 17 heavy (non-hydrogen) atoms. The third-order valence-electron chi connectivity index (χ3n) is 2.40. The lowest BCUT2D eigenvalue weighted by Gasteiger charge is -2.15. The Bertz CT molecular complexity index is 539. The number of carboxylic acid groups (broad SMARTS) is 1. The van der Waals surface area contributed by atoms with Crippen molar-refractivity contribution >= 4 is 17.0 Å². The first-order valence-corrected chi connectivity index (χ1v) is 4.95. The molecule has 2 aromatic rings.